The number of benzene rings is 1. The van der Waals surface area contributed by atoms with Gasteiger partial charge in [-0.1, -0.05) is 12.1 Å². The molecular formula is C22H23N5O. The summed E-state index contributed by atoms with van der Waals surface area (Å²) >= 11 is 0. The Bertz CT molecular complexity index is 1010. The van der Waals surface area contributed by atoms with Gasteiger partial charge in [-0.3, -0.25) is 9.78 Å². The van der Waals surface area contributed by atoms with Gasteiger partial charge >= 0.3 is 0 Å². The van der Waals surface area contributed by atoms with Gasteiger partial charge in [0.05, 0.1) is 5.52 Å². The van der Waals surface area contributed by atoms with E-state index in [0.29, 0.717) is 17.5 Å². The molecule has 0 spiro atoms. The van der Waals surface area contributed by atoms with Crippen molar-refractivity contribution < 1.29 is 4.79 Å². The van der Waals surface area contributed by atoms with Gasteiger partial charge in [0, 0.05) is 54.1 Å². The fourth-order valence-electron chi connectivity index (χ4n) is 3.84. The highest BCUT2D eigenvalue weighted by molar-refractivity contribution is 5.97. The molecule has 6 nitrogen and oxygen atoms in total. The van der Waals surface area contributed by atoms with Crippen LogP contribution in [0.1, 0.15) is 47.7 Å². The number of amides is 1. The molecule has 1 saturated carbocycles. The molecule has 2 aromatic heterocycles. The van der Waals surface area contributed by atoms with Gasteiger partial charge in [0.1, 0.15) is 0 Å². The van der Waals surface area contributed by atoms with Gasteiger partial charge in [-0.05, 0) is 49.9 Å². The number of nitrogens with zero attached hydrogens (tertiary/aromatic N) is 4. The van der Waals surface area contributed by atoms with Crippen molar-refractivity contribution >= 4 is 22.8 Å². The Labute approximate surface area is 164 Å². The molecular weight excluding hydrogens is 350 g/mol. The first-order valence-corrected chi connectivity index (χ1v) is 10.00. The second-order valence-corrected chi connectivity index (χ2v) is 7.70. The molecule has 1 N–H and O–H groups in total. The number of carbonyl (C=O) groups excluding carboxylic acids is 1. The maximum absolute atomic E-state index is 12.9. The van der Waals surface area contributed by atoms with Crippen LogP contribution in [-0.2, 0) is 0 Å². The summed E-state index contributed by atoms with van der Waals surface area (Å²) in [5, 5.41) is 4.42. The molecule has 1 aliphatic heterocycles. The van der Waals surface area contributed by atoms with E-state index in [1.807, 2.05) is 47.5 Å². The molecule has 1 amide bonds. The van der Waals surface area contributed by atoms with E-state index in [-0.39, 0.29) is 5.91 Å². The maximum atomic E-state index is 12.9. The molecule has 1 saturated heterocycles. The molecule has 3 heterocycles. The number of nitrogens with one attached hydrogen (secondary N) is 1. The Kier molecular flexibility index (Phi) is 4.39. The van der Waals surface area contributed by atoms with Gasteiger partial charge in [-0.15, -0.1) is 0 Å². The second-order valence-electron chi connectivity index (χ2n) is 7.70. The van der Waals surface area contributed by atoms with Crippen molar-refractivity contribution in [2.75, 3.05) is 18.4 Å². The predicted molar refractivity (Wildman–Crippen MR) is 108 cm³/mol. The van der Waals surface area contributed by atoms with Gasteiger partial charge in [-0.25, -0.2) is 9.97 Å². The molecule has 3 aromatic rings. The minimum Gasteiger partial charge on any atom is -0.351 e. The van der Waals surface area contributed by atoms with E-state index >= 15 is 0 Å². The molecule has 2 fully saturated rings. The minimum atomic E-state index is 0.0878. The SMILES string of the molecule is O=C(c1ccc2cccnc2c1)N1CCC(c2ccnc(NC3CC3)n2)CC1. The quantitative estimate of drug-likeness (QED) is 0.756. The highest BCUT2D eigenvalue weighted by Gasteiger charge is 2.26. The van der Waals surface area contributed by atoms with Crippen molar-refractivity contribution in [1.29, 1.82) is 0 Å². The van der Waals surface area contributed by atoms with E-state index in [1.54, 1.807) is 6.20 Å². The normalized spacial score (nSPS) is 17.6. The molecule has 0 atom stereocenters. The van der Waals surface area contributed by atoms with Gasteiger partial charge in [0.15, 0.2) is 0 Å². The smallest absolute Gasteiger partial charge is 0.253 e. The van der Waals surface area contributed by atoms with Crippen LogP contribution >= 0.6 is 0 Å². The van der Waals surface area contributed by atoms with Crippen molar-refractivity contribution in [3.8, 4) is 0 Å². The number of rotatable bonds is 4. The topological polar surface area (TPSA) is 71.0 Å². The molecule has 6 heteroatoms. The van der Waals surface area contributed by atoms with Gasteiger partial charge in [-0.2, -0.15) is 0 Å². The number of anilines is 1. The number of piperidine rings is 1. The summed E-state index contributed by atoms with van der Waals surface area (Å²) in [5.41, 5.74) is 2.66. The minimum absolute atomic E-state index is 0.0878. The summed E-state index contributed by atoms with van der Waals surface area (Å²) in [6, 6.07) is 12.2. The van der Waals surface area contributed by atoms with Gasteiger partial charge in [0.25, 0.3) is 5.91 Å². The number of aromatic nitrogens is 3. The van der Waals surface area contributed by atoms with Crippen LogP contribution in [0.15, 0.2) is 48.8 Å². The lowest BCUT2D eigenvalue weighted by atomic mass is 9.93. The molecule has 2 aliphatic rings. The second kappa shape index (κ2) is 7.19. The van der Waals surface area contributed by atoms with Crippen LogP contribution in [0, 0.1) is 0 Å². The molecule has 0 unspecified atom stereocenters. The molecule has 0 bridgehead atoms. The highest BCUT2D eigenvalue weighted by Crippen LogP contribution is 2.29. The molecule has 1 aliphatic carbocycles. The predicted octanol–water partition coefficient (Wildman–Crippen LogP) is 3.62. The zero-order valence-corrected chi connectivity index (χ0v) is 15.7. The average molecular weight is 373 g/mol. The van der Waals surface area contributed by atoms with Crippen molar-refractivity contribution in [1.82, 2.24) is 19.9 Å². The summed E-state index contributed by atoms with van der Waals surface area (Å²) in [6.45, 7) is 1.50. The zero-order valence-electron chi connectivity index (χ0n) is 15.7. The lowest BCUT2D eigenvalue weighted by Crippen LogP contribution is -2.38. The standard InChI is InChI=1S/C22H23N5O/c28-21(17-4-3-15-2-1-10-23-20(15)14-17)27-12-8-16(9-13-27)19-7-11-24-22(26-19)25-18-5-6-18/h1-4,7,10-11,14,16,18H,5-6,8-9,12-13H2,(H,24,25,26). The number of hydrogen-bond donors (Lipinski definition) is 1. The third kappa shape index (κ3) is 3.54. The Morgan fingerprint density at radius 1 is 1.00 bits per heavy atom. The Hall–Kier alpha value is -3.02. The third-order valence-corrected chi connectivity index (χ3v) is 5.64. The Balaban J connectivity index is 1.25. The number of carbonyl (C=O) groups is 1. The largest absolute Gasteiger partial charge is 0.351 e. The lowest BCUT2D eigenvalue weighted by Gasteiger charge is -2.32. The van der Waals surface area contributed by atoms with Crippen LogP contribution in [0.25, 0.3) is 10.9 Å². The van der Waals surface area contributed by atoms with Crippen LogP contribution in [0.4, 0.5) is 5.95 Å². The summed E-state index contributed by atoms with van der Waals surface area (Å²) in [4.78, 5) is 28.3. The fourth-order valence-corrected chi connectivity index (χ4v) is 3.84. The number of hydrogen-bond acceptors (Lipinski definition) is 5. The maximum Gasteiger partial charge on any atom is 0.253 e. The molecule has 5 rings (SSSR count). The summed E-state index contributed by atoms with van der Waals surface area (Å²) in [5.74, 6) is 1.21. The van der Waals surface area contributed by atoms with E-state index in [4.69, 9.17) is 4.98 Å². The van der Waals surface area contributed by atoms with Crippen LogP contribution in [-0.4, -0.2) is 44.9 Å². The number of fused-ring (bicyclic) bond motifs is 1. The Morgan fingerprint density at radius 3 is 2.68 bits per heavy atom. The van der Waals surface area contributed by atoms with Gasteiger partial charge < -0.3 is 10.2 Å². The van der Waals surface area contributed by atoms with E-state index in [1.165, 1.54) is 12.8 Å². The van der Waals surface area contributed by atoms with E-state index < -0.39 is 0 Å². The van der Waals surface area contributed by atoms with Crippen molar-refractivity contribution in [3.63, 3.8) is 0 Å². The van der Waals surface area contributed by atoms with Crippen molar-refractivity contribution in [2.24, 2.45) is 0 Å². The average Bonchev–Trinajstić information content (AvgIpc) is 3.57. The van der Waals surface area contributed by atoms with Crippen LogP contribution in [0.3, 0.4) is 0 Å². The Morgan fingerprint density at radius 2 is 1.86 bits per heavy atom. The molecule has 0 radical (unpaired) electrons. The molecule has 28 heavy (non-hydrogen) atoms. The zero-order chi connectivity index (χ0) is 18.9. The number of pyridine rings is 1. The summed E-state index contributed by atoms with van der Waals surface area (Å²) in [6.07, 6.45) is 7.87. The number of likely N-dealkylation sites (tertiary alicyclic amines) is 1. The van der Waals surface area contributed by atoms with E-state index in [0.717, 1.165) is 48.5 Å². The van der Waals surface area contributed by atoms with Crippen molar-refractivity contribution in [3.05, 3.63) is 60.0 Å². The third-order valence-electron chi connectivity index (χ3n) is 5.64. The highest BCUT2D eigenvalue weighted by atomic mass is 16.2. The fraction of sp³-hybridized carbons (Fsp3) is 0.364. The monoisotopic (exact) mass is 373 g/mol. The summed E-state index contributed by atoms with van der Waals surface area (Å²) < 4.78 is 0. The van der Waals surface area contributed by atoms with Gasteiger partial charge in [0.2, 0.25) is 5.95 Å². The van der Waals surface area contributed by atoms with Crippen LogP contribution in [0.2, 0.25) is 0 Å². The first-order chi connectivity index (χ1) is 13.8. The first kappa shape index (κ1) is 17.1. The first-order valence-electron chi connectivity index (χ1n) is 10.00. The van der Waals surface area contributed by atoms with Crippen LogP contribution < -0.4 is 5.32 Å². The van der Waals surface area contributed by atoms with Crippen molar-refractivity contribution in [2.45, 2.75) is 37.6 Å². The summed E-state index contributed by atoms with van der Waals surface area (Å²) in [7, 11) is 0. The van der Waals surface area contributed by atoms with E-state index in [2.05, 4.69) is 15.3 Å². The van der Waals surface area contributed by atoms with Crippen LogP contribution in [0.5, 0.6) is 0 Å². The molecule has 1 aromatic carbocycles. The lowest BCUT2D eigenvalue weighted by molar-refractivity contribution is 0.0712. The molecule has 142 valence electrons. The van der Waals surface area contributed by atoms with E-state index in [9.17, 15) is 4.79 Å².